The van der Waals surface area contributed by atoms with Crippen molar-refractivity contribution in [2.24, 2.45) is 0 Å². The summed E-state index contributed by atoms with van der Waals surface area (Å²) in [4.78, 5) is -0.121. The molecule has 0 spiro atoms. The van der Waals surface area contributed by atoms with Gasteiger partial charge in [0.05, 0.1) is 23.1 Å². The van der Waals surface area contributed by atoms with Crippen molar-refractivity contribution in [3.63, 3.8) is 0 Å². The fraction of sp³-hybridized carbons (Fsp3) is 0.364. The molecule has 0 atom stereocenters. The van der Waals surface area contributed by atoms with E-state index in [9.17, 15) is 17.2 Å². The van der Waals surface area contributed by atoms with Crippen LogP contribution in [0.2, 0.25) is 0 Å². The summed E-state index contributed by atoms with van der Waals surface area (Å²) in [6.07, 6.45) is -2.75. The Balaban J connectivity index is 3.24. The zero-order valence-corrected chi connectivity index (χ0v) is 10.7. The smallest absolute Gasteiger partial charge is 0.209 e. The van der Waals surface area contributed by atoms with E-state index in [2.05, 4.69) is 0 Å². The zero-order chi connectivity index (χ0) is 13.9. The molecule has 0 aliphatic heterocycles. The second kappa shape index (κ2) is 5.42. The Bertz CT molecular complexity index is 579. The Kier molecular flexibility index (Phi) is 4.38. The number of rotatable bonds is 4. The normalized spacial score (nSPS) is 11.8. The quantitative estimate of drug-likeness (QED) is 0.840. The average molecular weight is 274 g/mol. The van der Waals surface area contributed by atoms with Crippen LogP contribution in [0.5, 0.6) is 0 Å². The number of hydrogen-bond donors (Lipinski definition) is 0. The summed E-state index contributed by atoms with van der Waals surface area (Å²) in [5.74, 6) is 0. The van der Waals surface area contributed by atoms with Gasteiger partial charge in [0.1, 0.15) is 0 Å². The lowest BCUT2D eigenvalue weighted by Gasteiger charge is -2.18. The molecule has 0 radical (unpaired) electrons. The van der Waals surface area contributed by atoms with Crippen molar-refractivity contribution in [1.29, 1.82) is 5.26 Å². The maximum Gasteiger partial charge on any atom is 0.252 e. The fourth-order valence-electron chi connectivity index (χ4n) is 1.41. The van der Waals surface area contributed by atoms with Gasteiger partial charge in [-0.2, -0.15) is 9.57 Å². The Morgan fingerprint density at radius 2 is 2.06 bits per heavy atom. The van der Waals surface area contributed by atoms with E-state index in [4.69, 9.17) is 5.26 Å². The first-order valence-electron chi connectivity index (χ1n) is 5.04. The molecule has 0 N–H and O–H groups in total. The van der Waals surface area contributed by atoms with Gasteiger partial charge in [0.15, 0.2) is 0 Å². The molecule has 0 saturated heterocycles. The number of sulfonamides is 1. The SMILES string of the molecule is Cc1ccc(C#N)cc1S(=O)(=O)N(C)CC(F)F. The van der Waals surface area contributed by atoms with Gasteiger partial charge in [-0.1, -0.05) is 6.07 Å². The Morgan fingerprint density at radius 1 is 1.44 bits per heavy atom. The van der Waals surface area contributed by atoms with E-state index >= 15 is 0 Å². The highest BCUT2D eigenvalue weighted by Crippen LogP contribution is 2.20. The van der Waals surface area contributed by atoms with Crippen LogP contribution in [0.3, 0.4) is 0 Å². The van der Waals surface area contributed by atoms with Gasteiger partial charge in [-0.25, -0.2) is 17.2 Å². The van der Waals surface area contributed by atoms with E-state index in [0.29, 0.717) is 9.87 Å². The van der Waals surface area contributed by atoms with Gasteiger partial charge in [-0.05, 0) is 24.6 Å². The molecule has 7 heteroatoms. The molecule has 1 aromatic carbocycles. The Hall–Kier alpha value is -1.52. The molecule has 1 aromatic rings. The van der Waals surface area contributed by atoms with Crippen molar-refractivity contribution < 1.29 is 17.2 Å². The third-order valence-electron chi connectivity index (χ3n) is 2.40. The Labute approximate surface area is 105 Å². The standard InChI is InChI=1S/C11H12F2N2O2S/c1-8-3-4-9(6-14)5-10(8)18(16,17)15(2)7-11(12)13/h3-5,11H,7H2,1-2H3. The van der Waals surface area contributed by atoms with Crippen LogP contribution >= 0.6 is 0 Å². The molecule has 0 unspecified atom stereocenters. The number of aryl methyl sites for hydroxylation is 1. The minimum atomic E-state index is -4.00. The van der Waals surface area contributed by atoms with E-state index < -0.39 is 23.0 Å². The maximum absolute atomic E-state index is 12.2. The molecule has 18 heavy (non-hydrogen) atoms. The van der Waals surface area contributed by atoms with Gasteiger partial charge in [-0.3, -0.25) is 0 Å². The predicted octanol–water partition coefficient (Wildman–Crippen LogP) is 1.75. The van der Waals surface area contributed by atoms with E-state index in [-0.39, 0.29) is 10.5 Å². The lowest BCUT2D eigenvalue weighted by Crippen LogP contribution is -2.31. The van der Waals surface area contributed by atoms with Crippen LogP contribution in [0.1, 0.15) is 11.1 Å². The highest BCUT2D eigenvalue weighted by Gasteiger charge is 2.25. The van der Waals surface area contributed by atoms with Crippen LogP contribution in [-0.2, 0) is 10.0 Å². The zero-order valence-electron chi connectivity index (χ0n) is 9.89. The summed E-state index contributed by atoms with van der Waals surface area (Å²) in [5.41, 5.74) is 0.583. The molecule has 0 saturated carbocycles. The highest BCUT2D eigenvalue weighted by atomic mass is 32.2. The second-order valence-corrected chi connectivity index (χ2v) is 5.78. The van der Waals surface area contributed by atoms with Gasteiger partial charge >= 0.3 is 0 Å². The van der Waals surface area contributed by atoms with E-state index in [0.717, 1.165) is 7.05 Å². The number of nitrogens with zero attached hydrogens (tertiary/aromatic N) is 2. The molecule has 0 bridgehead atoms. The molecule has 98 valence electrons. The van der Waals surface area contributed by atoms with Crippen molar-refractivity contribution in [2.75, 3.05) is 13.6 Å². The van der Waals surface area contributed by atoms with Crippen LogP contribution in [0.25, 0.3) is 0 Å². The summed E-state index contributed by atoms with van der Waals surface area (Å²) in [6, 6.07) is 5.95. The van der Waals surface area contributed by atoms with Crippen LogP contribution in [0.4, 0.5) is 8.78 Å². The Morgan fingerprint density at radius 3 is 2.56 bits per heavy atom. The van der Waals surface area contributed by atoms with Gasteiger partial charge in [0, 0.05) is 7.05 Å². The van der Waals surface area contributed by atoms with E-state index in [1.54, 1.807) is 6.92 Å². The minimum absolute atomic E-state index is 0.121. The van der Waals surface area contributed by atoms with Gasteiger partial charge in [-0.15, -0.1) is 0 Å². The van der Waals surface area contributed by atoms with Crippen molar-refractivity contribution in [2.45, 2.75) is 18.2 Å². The van der Waals surface area contributed by atoms with Gasteiger partial charge in [0.25, 0.3) is 6.43 Å². The summed E-state index contributed by atoms with van der Waals surface area (Å²) in [7, 11) is -2.91. The third-order valence-corrected chi connectivity index (χ3v) is 4.37. The lowest BCUT2D eigenvalue weighted by atomic mass is 10.2. The summed E-state index contributed by atoms with van der Waals surface area (Å²) >= 11 is 0. The van der Waals surface area contributed by atoms with Crippen LogP contribution in [0.15, 0.2) is 23.1 Å². The van der Waals surface area contributed by atoms with Crippen LogP contribution in [-0.4, -0.2) is 32.7 Å². The first-order valence-corrected chi connectivity index (χ1v) is 6.48. The van der Waals surface area contributed by atoms with Crippen molar-refractivity contribution in [3.8, 4) is 6.07 Å². The lowest BCUT2D eigenvalue weighted by molar-refractivity contribution is 0.126. The molecular weight excluding hydrogens is 262 g/mol. The van der Waals surface area contributed by atoms with Crippen LogP contribution < -0.4 is 0 Å². The van der Waals surface area contributed by atoms with E-state index in [1.807, 2.05) is 6.07 Å². The largest absolute Gasteiger partial charge is 0.252 e. The molecule has 0 fully saturated rings. The molecule has 0 aliphatic rings. The number of halogens is 2. The second-order valence-electron chi connectivity index (χ2n) is 3.77. The van der Waals surface area contributed by atoms with E-state index in [1.165, 1.54) is 18.2 Å². The highest BCUT2D eigenvalue weighted by molar-refractivity contribution is 7.89. The number of hydrogen-bond acceptors (Lipinski definition) is 3. The summed E-state index contributed by atoms with van der Waals surface area (Å²) in [6.45, 7) is 0.669. The topological polar surface area (TPSA) is 61.2 Å². The number of alkyl halides is 2. The molecule has 0 amide bonds. The molecule has 0 aromatic heterocycles. The minimum Gasteiger partial charge on any atom is -0.209 e. The summed E-state index contributed by atoms with van der Waals surface area (Å²) in [5, 5.41) is 8.72. The number of nitriles is 1. The molecule has 0 heterocycles. The molecule has 1 rings (SSSR count). The first kappa shape index (κ1) is 14.5. The van der Waals surface area contributed by atoms with Gasteiger partial charge in [0.2, 0.25) is 10.0 Å². The molecule has 4 nitrogen and oxygen atoms in total. The summed E-state index contributed by atoms with van der Waals surface area (Å²) < 4.78 is 49.1. The molecular formula is C11H12F2N2O2S. The average Bonchev–Trinajstić information content (AvgIpc) is 2.28. The molecule has 0 aliphatic carbocycles. The number of benzene rings is 1. The fourth-order valence-corrected chi connectivity index (χ4v) is 2.80. The van der Waals surface area contributed by atoms with Crippen molar-refractivity contribution in [1.82, 2.24) is 4.31 Å². The van der Waals surface area contributed by atoms with Gasteiger partial charge < -0.3 is 0 Å². The van der Waals surface area contributed by atoms with Crippen LogP contribution in [0, 0.1) is 18.3 Å². The maximum atomic E-state index is 12.2. The van der Waals surface area contributed by atoms with Crippen molar-refractivity contribution in [3.05, 3.63) is 29.3 Å². The first-order chi connectivity index (χ1) is 8.28. The predicted molar refractivity (Wildman–Crippen MR) is 61.7 cm³/mol. The third kappa shape index (κ3) is 3.03. The van der Waals surface area contributed by atoms with Crippen molar-refractivity contribution >= 4 is 10.0 Å². The monoisotopic (exact) mass is 274 g/mol.